The number of thiophene rings is 1. The number of halogens is 1. The van der Waals surface area contributed by atoms with Crippen molar-refractivity contribution in [2.45, 2.75) is 32.4 Å². The Hall–Kier alpha value is 0.100. The number of piperidine rings is 1. The van der Waals surface area contributed by atoms with Crippen LogP contribution in [0.15, 0.2) is 9.85 Å². The Morgan fingerprint density at radius 3 is 2.73 bits per heavy atom. The number of nitrogens with zero attached hydrogens (tertiary/aromatic N) is 1. The number of rotatable bonds is 2. The number of aliphatic hydroxyl groups is 1. The monoisotopic (exact) mass is 289 g/mol. The Balaban J connectivity index is 1.91. The van der Waals surface area contributed by atoms with E-state index in [1.165, 1.54) is 14.2 Å². The van der Waals surface area contributed by atoms with Gasteiger partial charge in [-0.25, -0.2) is 0 Å². The van der Waals surface area contributed by atoms with Gasteiger partial charge in [-0.15, -0.1) is 11.3 Å². The zero-order valence-corrected chi connectivity index (χ0v) is 11.3. The molecule has 1 aliphatic rings. The topological polar surface area (TPSA) is 23.5 Å². The summed E-state index contributed by atoms with van der Waals surface area (Å²) in [4.78, 5) is 3.83. The second kappa shape index (κ2) is 4.95. The molecule has 0 saturated carbocycles. The molecule has 0 atom stereocenters. The van der Waals surface area contributed by atoms with Crippen molar-refractivity contribution in [2.75, 3.05) is 13.1 Å². The first-order valence-corrected chi connectivity index (χ1v) is 6.91. The molecule has 1 N–H and O–H groups in total. The molecule has 0 aliphatic carbocycles. The summed E-state index contributed by atoms with van der Waals surface area (Å²) in [6.07, 6.45) is 1.77. The summed E-state index contributed by atoms with van der Waals surface area (Å²) < 4.78 is 1.24. The minimum Gasteiger partial charge on any atom is -0.393 e. The Kier molecular flexibility index (Phi) is 3.83. The van der Waals surface area contributed by atoms with Crippen molar-refractivity contribution in [3.63, 3.8) is 0 Å². The number of likely N-dealkylation sites (tertiary alicyclic amines) is 1. The van der Waals surface area contributed by atoms with E-state index in [-0.39, 0.29) is 6.10 Å². The molecule has 2 heterocycles. The average Bonchev–Trinajstić information content (AvgIpc) is 2.50. The van der Waals surface area contributed by atoms with Gasteiger partial charge in [-0.05, 0) is 47.3 Å². The predicted octanol–water partition coefficient (Wildman–Crippen LogP) is 2.78. The molecule has 0 aromatic carbocycles. The maximum atomic E-state index is 9.41. The first-order chi connectivity index (χ1) is 7.15. The third-order valence-electron chi connectivity index (χ3n) is 2.84. The molecule has 15 heavy (non-hydrogen) atoms. The maximum absolute atomic E-state index is 9.41. The van der Waals surface area contributed by atoms with Crippen molar-refractivity contribution in [3.8, 4) is 0 Å². The molecule has 1 saturated heterocycles. The van der Waals surface area contributed by atoms with Crippen LogP contribution in [0, 0.1) is 6.92 Å². The van der Waals surface area contributed by atoms with E-state index in [4.69, 9.17) is 0 Å². The van der Waals surface area contributed by atoms with E-state index in [1.807, 2.05) is 11.3 Å². The van der Waals surface area contributed by atoms with Crippen molar-refractivity contribution in [3.05, 3.63) is 20.3 Å². The zero-order valence-electron chi connectivity index (χ0n) is 8.87. The van der Waals surface area contributed by atoms with Crippen LogP contribution in [0.2, 0.25) is 0 Å². The number of aliphatic hydroxyl groups excluding tert-OH is 1. The highest BCUT2D eigenvalue weighted by atomic mass is 79.9. The number of hydrogen-bond donors (Lipinski definition) is 1. The third-order valence-corrected chi connectivity index (χ3v) is 4.97. The van der Waals surface area contributed by atoms with Crippen LogP contribution >= 0.6 is 27.3 Å². The Morgan fingerprint density at radius 1 is 1.53 bits per heavy atom. The molecule has 0 unspecified atom stereocenters. The molecule has 1 aromatic rings. The summed E-state index contributed by atoms with van der Waals surface area (Å²) in [5.41, 5.74) is 1.33. The van der Waals surface area contributed by atoms with Crippen LogP contribution in [-0.4, -0.2) is 29.2 Å². The second-order valence-corrected chi connectivity index (χ2v) is 6.63. The number of aryl methyl sites for hydroxylation is 1. The van der Waals surface area contributed by atoms with E-state index in [0.29, 0.717) is 0 Å². The van der Waals surface area contributed by atoms with Gasteiger partial charge in [0.25, 0.3) is 0 Å². The fourth-order valence-electron chi connectivity index (χ4n) is 1.90. The molecule has 0 radical (unpaired) electrons. The lowest BCUT2D eigenvalue weighted by atomic mass is 10.1. The fourth-order valence-corrected chi connectivity index (χ4v) is 3.57. The van der Waals surface area contributed by atoms with E-state index >= 15 is 0 Å². The molecular weight excluding hydrogens is 274 g/mol. The third kappa shape index (κ3) is 3.03. The van der Waals surface area contributed by atoms with Crippen molar-refractivity contribution in [2.24, 2.45) is 0 Å². The van der Waals surface area contributed by atoms with Crippen LogP contribution in [0.4, 0.5) is 0 Å². The van der Waals surface area contributed by atoms with Crippen LogP contribution in [0.3, 0.4) is 0 Å². The summed E-state index contributed by atoms with van der Waals surface area (Å²) in [6.45, 7) is 5.21. The highest BCUT2D eigenvalue weighted by molar-refractivity contribution is 9.11. The Labute approximate surface area is 103 Å². The van der Waals surface area contributed by atoms with Crippen LogP contribution < -0.4 is 0 Å². The van der Waals surface area contributed by atoms with Crippen LogP contribution in [-0.2, 0) is 6.54 Å². The molecule has 4 heteroatoms. The quantitative estimate of drug-likeness (QED) is 0.905. The van der Waals surface area contributed by atoms with Crippen molar-refractivity contribution in [1.29, 1.82) is 0 Å². The predicted molar refractivity (Wildman–Crippen MR) is 67.3 cm³/mol. The average molecular weight is 290 g/mol. The van der Waals surface area contributed by atoms with Gasteiger partial charge in [-0.2, -0.15) is 0 Å². The van der Waals surface area contributed by atoms with Crippen molar-refractivity contribution >= 4 is 27.3 Å². The van der Waals surface area contributed by atoms with Gasteiger partial charge >= 0.3 is 0 Å². The first-order valence-electron chi connectivity index (χ1n) is 5.30. The number of hydrogen-bond acceptors (Lipinski definition) is 3. The largest absolute Gasteiger partial charge is 0.393 e. The minimum atomic E-state index is -0.0712. The minimum absolute atomic E-state index is 0.0712. The van der Waals surface area contributed by atoms with Crippen LogP contribution in [0.25, 0.3) is 0 Å². The summed E-state index contributed by atoms with van der Waals surface area (Å²) >= 11 is 5.37. The van der Waals surface area contributed by atoms with Gasteiger partial charge in [-0.1, -0.05) is 0 Å². The molecule has 1 fully saturated rings. The molecule has 1 aliphatic heterocycles. The smallest absolute Gasteiger partial charge is 0.0730 e. The van der Waals surface area contributed by atoms with E-state index in [1.54, 1.807) is 0 Å². The molecule has 0 bridgehead atoms. The van der Waals surface area contributed by atoms with Gasteiger partial charge in [0.05, 0.1) is 9.89 Å². The normalized spacial score (nSPS) is 19.7. The van der Waals surface area contributed by atoms with Gasteiger partial charge in [0, 0.05) is 24.5 Å². The van der Waals surface area contributed by atoms with Gasteiger partial charge < -0.3 is 5.11 Å². The molecule has 0 spiro atoms. The van der Waals surface area contributed by atoms with E-state index < -0.39 is 0 Å². The maximum Gasteiger partial charge on any atom is 0.0730 e. The highest BCUT2D eigenvalue weighted by Crippen LogP contribution is 2.28. The SMILES string of the molecule is Cc1cc(CN2CCC(O)CC2)sc1Br. The highest BCUT2D eigenvalue weighted by Gasteiger charge is 2.17. The summed E-state index contributed by atoms with van der Waals surface area (Å²) in [6, 6.07) is 2.25. The Morgan fingerprint density at radius 2 is 2.20 bits per heavy atom. The molecule has 2 rings (SSSR count). The Bertz CT molecular complexity index is 312. The van der Waals surface area contributed by atoms with Crippen LogP contribution in [0.5, 0.6) is 0 Å². The van der Waals surface area contributed by atoms with E-state index in [0.717, 1.165) is 32.5 Å². The summed E-state index contributed by atoms with van der Waals surface area (Å²) in [5.74, 6) is 0. The molecule has 84 valence electrons. The molecular formula is C11H16BrNOS. The lowest BCUT2D eigenvalue weighted by molar-refractivity contribution is 0.0797. The van der Waals surface area contributed by atoms with Gasteiger partial charge in [0.15, 0.2) is 0 Å². The lowest BCUT2D eigenvalue weighted by Gasteiger charge is -2.28. The van der Waals surface area contributed by atoms with Gasteiger partial charge in [0.1, 0.15) is 0 Å². The molecule has 2 nitrogen and oxygen atoms in total. The van der Waals surface area contributed by atoms with Crippen LogP contribution in [0.1, 0.15) is 23.3 Å². The molecule has 0 amide bonds. The molecule has 1 aromatic heterocycles. The van der Waals surface area contributed by atoms with Crippen molar-refractivity contribution in [1.82, 2.24) is 4.90 Å². The lowest BCUT2D eigenvalue weighted by Crippen LogP contribution is -2.35. The zero-order chi connectivity index (χ0) is 10.8. The van der Waals surface area contributed by atoms with Crippen molar-refractivity contribution < 1.29 is 5.11 Å². The standard InChI is InChI=1S/C11H16BrNOS/c1-8-6-10(15-11(8)12)7-13-4-2-9(14)3-5-13/h6,9,14H,2-5,7H2,1H3. The first kappa shape index (κ1) is 11.6. The van der Waals surface area contributed by atoms with Gasteiger partial charge in [0.2, 0.25) is 0 Å². The van der Waals surface area contributed by atoms with E-state index in [2.05, 4.69) is 33.8 Å². The second-order valence-electron chi connectivity index (χ2n) is 4.18. The summed E-state index contributed by atoms with van der Waals surface area (Å²) in [7, 11) is 0. The summed E-state index contributed by atoms with van der Waals surface area (Å²) in [5, 5.41) is 9.41. The fraction of sp³-hybridized carbons (Fsp3) is 0.636. The van der Waals surface area contributed by atoms with E-state index in [9.17, 15) is 5.11 Å². The van der Waals surface area contributed by atoms with Gasteiger partial charge in [-0.3, -0.25) is 4.90 Å².